The minimum absolute atomic E-state index is 0.643. The maximum Gasteiger partial charge on any atom is 0.142 e. The maximum absolute atomic E-state index is 6.06. The molecule has 0 aliphatic carbocycles. The number of nitrogens with two attached hydrogens (primary N) is 1. The number of aromatic nitrogens is 2. The first kappa shape index (κ1) is 14.5. The lowest BCUT2D eigenvalue weighted by Gasteiger charge is -2.08. The van der Waals surface area contributed by atoms with Crippen LogP contribution in [0.25, 0.3) is 21.8 Å². The number of anilines is 1. The van der Waals surface area contributed by atoms with Crippen molar-refractivity contribution in [2.45, 2.75) is 13.3 Å². The molecule has 2 N–H and O–H groups in total. The summed E-state index contributed by atoms with van der Waals surface area (Å²) in [5.74, 6) is 0.731. The van der Waals surface area contributed by atoms with Gasteiger partial charge in [-0.1, -0.05) is 6.92 Å². The van der Waals surface area contributed by atoms with Gasteiger partial charge in [-0.25, -0.2) is 4.98 Å². The highest BCUT2D eigenvalue weighted by Gasteiger charge is 2.09. The van der Waals surface area contributed by atoms with Crippen LogP contribution in [-0.4, -0.2) is 16.6 Å². The summed E-state index contributed by atoms with van der Waals surface area (Å²) < 4.78 is 5.60. The molecule has 2 heterocycles. The largest absolute Gasteiger partial charge is 0.491 e. The molecular formula is C17H17N3OS. The zero-order valence-electron chi connectivity index (χ0n) is 12.3. The fourth-order valence-electron chi connectivity index (χ4n) is 2.08. The number of hydrogen-bond acceptors (Lipinski definition) is 5. The summed E-state index contributed by atoms with van der Waals surface area (Å²) in [4.78, 5) is 8.79. The molecule has 0 atom stereocenters. The zero-order chi connectivity index (χ0) is 15.4. The van der Waals surface area contributed by atoms with Crippen molar-refractivity contribution in [3.63, 3.8) is 0 Å². The van der Waals surface area contributed by atoms with E-state index in [4.69, 9.17) is 10.5 Å². The molecule has 4 nitrogen and oxygen atoms in total. The van der Waals surface area contributed by atoms with Gasteiger partial charge >= 0.3 is 0 Å². The molecule has 0 radical (unpaired) electrons. The molecule has 112 valence electrons. The second kappa shape index (κ2) is 6.58. The second-order valence-electron chi connectivity index (χ2n) is 4.88. The van der Waals surface area contributed by atoms with Crippen molar-refractivity contribution in [2.24, 2.45) is 0 Å². The standard InChI is InChI=1S/C17H17N3OS/c1-2-8-21-16-6-5-12(9-14(16)18)17-20-15(11-22-17)13-4-3-7-19-10-13/h3-7,9-11H,2,8,18H2,1H3. The number of ether oxygens (including phenoxy) is 1. The van der Waals surface area contributed by atoms with Crippen LogP contribution in [0.1, 0.15) is 13.3 Å². The van der Waals surface area contributed by atoms with E-state index in [1.807, 2.05) is 41.9 Å². The summed E-state index contributed by atoms with van der Waals surface area (Å²) in [5.41, 5.74) is 9.65. The average molecular weight is 311 g/mol. The molecular weight excluding hydrogens is 294 g/mol. The first-order chi connectivity index (χ1) is 10.8. The number of rotatable bonds is 5. The van der Waals surface area contributed by atoms with Crippen molar-refractivity contribution in [1.82, 2.24) is 9.97 Å². The monoisotopic (exact) mass is 311 g/mol. The number of nitrogens with zero attached hydrogens (tertiary/aromatic N) is 2. The molecule has 0 saturated carbocycles. The van der Waals surface area contributed by atoms with Crippen LogP contribution in [0, 0.1) is 0 Å². The normalized spacial score (nSPS) is 10.6. The molecule has 0 fully saturated rings. The highest BCUT2D eigenvalue weighted by atomic mass is 32.1. The third kappa shape index (κ3) is 3.09. The number of hydrogen-bond donors (Lipinski definition) is 1. The molecule has 2 aromatic heterocycles. The van der Waals surface area contributed by atoms with Gasteiger partial charge in [-0.2, -0.15) is 0 Å². The smallest absolute Gasteiger partial charge is 0.142 e. The lowest BCUT2D eigenvalue weighted by molar-refractivity contribution is 0.319. The first-order valence-electron chi connectivity index (χ1n) is 7.16. The van der Waals surface area contributed by atoms with Gasteiger partial charge in [0.15, 0.2) is 0 Å². The molecule has 0 bridgehead atoms. The Morgan fingerprint density at radius 2 is 2.14 bits per heavy atom. The molecule has 0 unspecified atom stereocenters. The van der Waals surface area contributed by atoms with Gasteiger partial charge in [0.25, 0.3) is 0 Å². The summed E-state index contributed by atoms with van der Waals surface area (Å²) in [6, 6.07) is 9.73. The number of nitrogen functional groups attached to an aromatic ring is 1. The maximum atomic E-state index is 6.06. The van der Waals surface area contributed by atoms with Crippen molar-refractivity contribution < 1.29 is 4.74 Å². The first-order valence-corrected chi connectivity index (χ1v) is 8.04. The summed E-state index contributed by atoms with van der Waals surface area (Å²) in [6.07, 6.45) is 4.53. The van der Waals surface area contributed by atoms with Gasteiger partial charge in [-0.05, 0) is 36.8 Å². The summed E-state index contributed by atoms with van der Waals surface area (Å²) in [6.45, 7) is 2.74. The van der Waals surface area contributed by atoms with Gasteiger partial charge in [-0.15, -0.1) is 11.3 Å². The predicted molar refractivity (Wildman–Crippen MR) is 91.0 cm³/mol. The van der Waals surface area contributed by atoms with Crippen molar-refractivity contribution in [2.75, 3.05) is 12.3 Å². The number of thiazole rings is 1. The molecule has 0 amide bonds. The van der Waals surface area contributed by atoms with Crippen LogP contribution < -0.4 is 10.5 Å². The van der Waals surface area contributed by atoms with Crippen molar-refractivity contribution in [3.8, 4) is 27.6 Å². The van der Waals surface area contributed by atoms with Gasteiger partial charge in [-0.3, -0.25) is 4.98 Å². The molecule has 0 aliphatic rings. The third-order valence-corrected chi connectivity index (χ3v) is 4.07. The summed E-state index contributed by atoms with van der Waals surface area (Å²) in [7, 11) is 0. The Bertz CT molecular complexity index is 756. The van der Waals surface area contributed by atoms with E-state index in [1.165, 1.54) is 0 Å². The molecule has 1 aromatic carbocycles. The Kier molecular flexibility index (Phi) is 4.34. The van der Waals surface area contributed by atoms with Gasteiger partial charge in [0.1, 0.15) is 10.8 Å². The Hall–Kier alpha value is -2.40. The fraction of sp³-hybridized carbons (Fsp3) is 0.176. The zero-order valence-corrected chi connectivity index (χ0v) is 13.1. The highest BCUT2D eigenvalue weighted by molar-refractivity contribution is 7.13. The Morgan fingerprint density at radius 3 is 2.86 bits per heavy atom. The minimum Gasteiger partial charge on any atom is -0.491 e. The van der Waals surface area contributed by atoms with E-state index in [-0.39, 0.29) is 0 Å². The molecule has 22 heavy (non-hydrogen) atoms. The molecule has 3 rings (SSSR count). The third-order valence-electron chi connectivity index (χ3n) is 3.18. The molecule has 0 saturated heterocycles. The molecule has 0 spiro atoms. The van der Waals surface area contributed by atoms with E-state index < -0.39 is 0 Å². The van der Waals surface area contributed by atoms with Crippen LogP contribution >= 0.6 is 11.3 Å². The van der Waals surface area contributed by atoms with Gasteiger partial charge in [0.05, 0.1) is 18.0 Å². The van der Waals surface area contributed by atoms with Crippen molar-refractivity contribution in [3.05, 3.63) is 48.1 Å². The Labute approximate surface area is 133 Å². The summed E-state index contributed by atoms with van der Waals surface area (Å²) in [5, 5.41) is 2.97. The van der Waals surface area contributed by atoms with Gasteiger partial charge in [0.2, 0.25) is 0 Å². The minimum atomic E-state index is 0.643. The molecule has 5 heteroatoms. The van der Waals surface area contributed by atoms with Gasteiger partial charge < -0.3 is 10.5 Å². The van der Waals surface area contributed by atoms with E-state index in [0.717, 1.165) is 34.0 Å². The van der Waals surface area contributed by atoms with E-state index in [9.17, 15) is 0 Å². The quantitative estimate of drug-likeness (QED) is 0.716. The van der Waals surface area contributed by atoms with E-state index in [1.54, 1.807) is 17.5 Å². The van der Waals surface area contributed by atoms with Gasteiger partial charge in [0, 0.05) is 28.9 Å². The Balaban J connectivity index is 1.86. The number of pyridine rings is 1. The van der Waals surface area contributed by atoms with Crippen LogP contribution in [0.15, 0.2) is 48.1 Å². The molecule has 3 aromatic rings. The van der Waals surface area contributed by atoms with E-state index >= 15 is 0 Å². The topological polar surface area (TPSA) is 61.0 Å². The summed E-state index contributed by atoms with van der Waals surface area (Å²) >= 11 is 1.59. The second-order valence-corrected chi connectivity index (χ2v) is 5.74. The highest BCUT2D eigenvalue weighted by Crippen LogP contribution is 2.32. The van der Waals surface area contributed by atoms with Crippen molar-refractivity contribution >= 4 is 17.0 Å². The SMILES string of the molecule is CCCOc1ccc(-c2nc(-c3cccnc3)cs2)cc1N. The number of benzene rings is 1. The Morgan fingerprint density at radius 1 is 1.23 bits per heavy atom. The lowest BCUT2D eigenvalue weighted by atomic mass is 10.2. The lowest BCUT2D eigenvalue weighted by Crippen LogP contribution is -1.99. The predicted octanol–water partition coefficient (Wildman–Crippen LogP) is 4.24. The van der Waals surface area contributed by atoms with Crippen LogP contribution in [0.5, 0.6) is 5.75 Å². The fourth-order valence-corrected chi connectivity index (χ4v) is 2.90. The van der Waals surface area contributed by atoms with Crippen LogP contribution in [-0.2, 0) is 0 Å². The van der Waals surface area contributed by atoms with Crippen LogP contribution in [0.2, 0.25) is 0 Å². The average Bonchev–Trinajstić information content (AvgIpc) is 3.04. The van der Waals surface area contributed by atoms with Crippen LogP contribution in [0.4, 0.5) is 5.69 Å². The van der Waals surface area contributed by atoms with Crippen molar-refractivity contribution in [1.29, 1.82) is 0 Å². The van der Waals surface area contributed by atoms with E-state index in [0.29, 0.717) is 12.3 Å². The van der Waals surface area contributed by atoms with E-state index in [2.05, 4.69) is 16.9 Å². The van der Waals surface area contributed by atoms with Crippen LogP contribution in [0.3, 0.4) is 0 Å². The molecule has 0 aliphatic heterocycles.